The molecule has 0 unspecified atom stereocenters. The number of aryl methyl sites for hydroxylation is 1. The predicted octanol–water partition coefficient (Wildman–Crippen LogP) is 1.80. The third kappa shape index (κ3) is 3.17. The maximum atomic E-state index is 12.0. The molecule has 7 heteroatoms. The van der Waals surface area contributed by atoms with Crippen LogP contribution in [-0.2, 0) is 16.6 Å². The molecule has 0 bridgehead atoms. The standard InChI is InChI=1S/C12H11N3O2S2/c1-9-3-2-6-14-11(9)8-15-19(16,17)12-5-4-10(7-13)18-12/h2-6,15H,8H2,1H3. The van der Waals surface area contributed by atoms with Gasteiger partial charge in [-0.25, -0.2) is 13.1 Å². The molecule has 0 aliphatic carbocycles. The van der Waals surface area contributed by atoms with Crippen LogP contribution in [0.4, 0.5) is 0 Å². The molecule has 0 saturated carbocycles. The maximum absolute atomic E-state index is 12.0. The molecule has 98 valence electrons. The molecule has 0 aliphatic rings. The van der Waals surface area contributed by atoms with E-state index in [4.69, 9.17) is 5.26 Å². The number of thiophene rings is 1. The third-order valence-electron chi connectivity index (χ3n) is 2.50. The molecule has 0 atom stereocenters. The van der Waals surface area contributed by atoms with Crippen LogP contribution in [0.25, 0.3) is 0 Å². The molecule has 0 saturated heterocycles. The van der Waals surface area contributed by atoms with Gasteiger partial charge in [-0.05, 0) is 30.7 Å². The summed E-state index contributed by atoms with van der Waals surface area (Å²) in [4.78, 5) is 4.49. The zero-order valence-corrected chi connectivity index (χ0v) is 11.8. The highest BCUT2D eigenvalue weighted by Crippen LogP contribution is 2.20. The van der Waals surface area contributed by atoms with Crippen molar-refractivity contribution < 1.29 is 8.42 Å². The number of nitriles is 1. The second-order valence-electron chi connectivity index (χ2n) is 3.82. The molecule has 2 heterocycles. The van der Waals surface area contributed by atoms with E-state index in [1.807, 2.05) is 19.1 Å². The summed E-state index contributed by atoms with van der Waals surface area (Å²) in [6, 6.07) is 8.50. The van der Waals surface area contributed by atoms with Crippen LogP contribution in [0.15, 0.2) is 34.7 Å². The van der Waals surface area contributed by atoms with E-state index in [1.54, 1.807) is 12.3 Å². The van der Waals surface area contributed by atoms with E-state index in [2.05, 4.69) is 9.71 Å². The first-order valence-electron chi connectivity index (χ1n) is 5.43. The summed E-state index contributed by atoms with van der Waals surface area (Å²) in [5.74, 6) is 0. The molecule has 0 radical (unpaired) electrons. The lowest BCUT2D eigenvalue weighted by Gasteiger charge is -2.06. The van der Waals surface area contributed by atoms with Crippen molar-refractivity contribution in [2.75, 3.05) is 0 Å². The number of hydrogen-bond acceptors (Lipinski definition) is 5. The summed E-state index contributed by atoms with van der Waals surface area (Å²) in [6.07, 6.45) is 1.62. The number of hydrogen-bond donors (Lipinski definition) is 1. The van der Waals surface area contributed by atoms with E-state index < -0.39 is 10.0 Å². The van der Waals surface area contributed by atoms with Crippen molar-refractivity contribution in [2.24, 2.45) is 0 Å². The third-order valence-corrected chi connectivity index (χ3v) is 5.39. The van der Waals surface area contributed by atoms with Crippen LogP contribution in [0.5, 0.6) is 0 Å². The second kappa shape index (κ2) is 5.48. The summed E-state index contributed by atoms with van der Waals surface area (Å²) in [5.41, 5.74) is 1.61. The first-order valence-corrected chi connectivity index (χ1v) is 7.73. The van der Waals surface area contributed by atoms with Gasteiger partial charge in [0.2, 0.25) is 10.0 Å². The Morgan fingerprint density at radius 1 is 1.42 bits per heavy atom. The molecular formula is C12H11N3O2S2. The van der Waals surface area contributed by atoms with Crippen LogP contribution < -0.4 is 4.72 Å². The number of aromatic nitrogens is 1. The Labute approximate surface area is 115 Å². The van der Waals surface area contributed by atoms with Gasteiger partial charge in [-0.15, -0.1) is 11.3 Å². The van der Waals surface area contributed by atoms with Crippen molar-refractivity contribution in [3.63, 3.8) is 0 Å². The topological polar surface area (TPSA) is 82.8 Å². The van der Waals surface area contributed by atoms with E-state index in [-0.39, 0.29) is 10.8 Å². The number of pyridine rings is 1. The fourth-order valence-corrected chi connectivity index (χ4v) is 3.60. The lowest BCUT2D eigenvalue weighted by Crippen LogP contribution is -2.23. The molecule has 2 rings (SSSR count). The van der Waals surface area contributed by atoms with E-state index in [0.29, 0.717) is 10.6 Å². The Morgan fingerprint density at radius 2 is 2.21 bits per heavy atom. The van der Waals surface area contributed by atoms with Crippen LogP contribution in [0.3, 0.4) is 0 Å². The van der Waals surface area contributed by atoms with Crippen molar-refractivity contribution in [1.82, 2.24) is 9.71 Å². The van der Waals surface area contributed by atoms with E-state index in [0.717, 1.165) is 16.9 Å². The zero-order valence-electron chi connectivity index (χ0n) is 10.1. The van der Waals surface area contributed by atoms with Crippen molar-refractivity contribution >= 4 is 21.4 Å². The summed E-state index contributed by atoms with van der Waals surface area (Å²) >= 11 is 0.947. The van der Waals surface area contributed by atoms with Gasteiger partial charge in [-0.2, -0.15) is 5.26 Å². The lowest BCUT2D eigenvalue weighted by molar-refractivity contribution is 0.582. The van der Waals surface area contributed by atoms with Gasteiger partial charge < -0.3 is 0 Å². The van der Waals surface area contributed by atoms with Crippen LogP contribution >= 0.6 is 11.3 Å². The minimum Gasteiger partial charge on any atom is -0.260 e. The Hall–Kier alpha value is -1.75. The molecule has 2 aromatic heterocycles. The minimum atomic E-state index is -3.59. The fraction of sp³-hybridized carbons (Fsp3) is 0.167. The van der Waals surface area contributed by atoms with Crippen molar-refractivity contribution in [3.05, 3.63) is 46.6 Å². The van der Waals surface area contributed by atoms with Crippen LogP contribution in [0.2, 0.25) is 0 Å². The SMILES string of the molecule is Cc1cccnc1CNS(=O)(=O)c1ccc(C#N)s1. The molecule has 0 amide bonds. The first kappa shape index (κ1) is 13.7. The Balaban J connectivity index is 2.15. The highest BCUT2D eigenvalue weighted by molar-refractivity contribution is 7.91. The molecule has 0 aromatic carbocycles. The Morgan fingerprint density at radius 3 is 2.84 bits per heavy atom. The minimum absolute atomic E-state index is 0.134. The quantitative estimate of drug-likeness (QED) is 0.931. The number of nitrogens with one attached hydrogen (secondary N) is 1. The van der Waals surface area contributed by atoms with Gasteiger partial charge in [0.1, 0.15) is 15.2 Å². The molecule has 0 fully saturated rings. The van der Waals surface area contributed by atoms with Crippen molar-refractivity contribution in [2.45, 2.75) is 17.7 Å². The molecule has 19 heavy (non-hydrogen) atoms. The molecule has 1 N–H and O–H groups in total. The Kier molecular flexibility index (Phi) is 3.95. The van der Waals surface area contributed by atoms with E-state index in [1.165, 1.54) is 12.1 Å². The molecule has 0 aliphatic heterocycles. The highest BCUT2D eigenvalue weighted by Gasteiger charge is 2.17. The molecule has 0 spiro atoms. The average Bonchev–Trinajstić information content (AvgIpc) is 2.87. The van der Waals surface area contributed by atoms with E-state index >= 15 is 0 Å². The van der Waals surface area contributed by atoms with Gasteiger partial charge >= 0.3 is 0 Å². The lowest BCUT2D eigenvalue weighted by atomic mass is 10.2. The number of sulfonamides is 1. The van der Waals surface area contributed by atoms with Gasteiger partial charge in [0, 0.05) is 6.20 Å². The van der Waals surface area contributed by atoms with Gasteiger partial charge in [0.05, 0.1) is 12.2 Å². The Bertz CT molecular complexity index is 729. The fourth-order valence-electron chi connectivity index (χ4n) is 1.46. The number of nitrogens with zero attached hydrogens (tertiary/aromatic N) is 2. The highest BCUT2D eigenvalue weighted by atomic mass is 32.2. The normalized spacial score (nSPS) is 11.2. The first-order chi connectivity index (χ1) is 9.03. The number of rotatable bonds is 4. The zero-order chi connectivity index (χ0) is 13.9. The molecular weight excluding hydrogens is 282 g/mol. The predicted molar refractivity (Wildman–Crippen MR) is 72.0 cm³/mol. The van der Waals surface area contributed by atoms with E-state index in [9.17, 15) is 8.42 Å². The summed E-state index contributed by atoms with van der Waals surface area (Å²) < 4.78 is 26.6. The molecule has 2 aromatic rings. The molecule has 5 nitrogen and oxygen atoms in total. The monoisotopic (exact) mass is 293 g/mol. The largest absolute Gasteiger partial charge is 0.260 e. The van der Waals surface area contributed by atoms with Crippen molar-refractivity contribution in [1.29, 1.82) is 5.26 Å². The second-order valence-corrected chi connectivity index (χ2v) is 6.90. The summed E-state index contributed by atoms with van der Waals surface area (Å²) in [6.45, 7) is 2.00. The van der Waals surface area contributed by atoms with Gasteiger partial charge in [0.15, 0.2) is 0 Å². The van der Waals surface area contributed by atoms with Crippen LogP contribution in [-0.4, -0.2) is 13.4 Å². The summed E-state index contributed by atoms with van der Waals surface area (Å²) in [7, 11) is -3.59. The van der Waals surface area contributed by atoms with Gasteiger partial charge in [-0.1, -0.05) is 6.07 Å². The summed E-state index contributed by atoms with van der Waals surface area (Å²) in [5, 5.41) is 8.70. The average molecular weight is 293 g/mol. The van der Waals surface area contributed by atoms with Gasteiger partial charge in [0.25, 0.3) is 0 Å². The van der Waals surface area contributed by atoms with Crippen molar-refractivity contribution in [3.8, 4) is 6.07 Å². The van der Waals surface area contributed by atoms with Crippen LogP contribution in [0, 0.1) is 18.3 Å². The van der Waals surface area contributed by atoms with Crippen LogP contribution in [0.1, 0.15) is 16.1 Å². The smallest absolute Gasteiger partial charge is 0.250 e. The van der Waals surface area contributed by atoms with Gasteiger partial charge in [-0.3, -0.25) is 4.98 Å². The maximum Gasteiger partial charge on any atom is 0.250 e.